The minimum atomic E-state index is 0.525. The molecule has 0 heterocycles. The van der Waals surface area contributed by atoms with Crippen LogP contribution < -0.4 is 5.32 Å². The highest BCUT2D eigenvalue weighted by Gasteiger charge is 2.29. The Bertz CT molecular complexity index is 437. The molecule has 20 heavy (non-hydrogen) atoms. The SMILES string of the molecule is CNC(Cc1ccc(Cl)c(Cl)c1)C1CC(C)CC(C)C1. The van der Waals surface area contributed by atoms with Crippen LogP contribution in [0.1, 0.15) is 38.7 Å². The lowest BCUT2D eigenvalue weighted by atomic mass is 9.73. The third-order valence-corrected chi connectivity index (χ3v) is 5.33. The Hall–Kier alpha value is -0.240. The van der Waals surface area contributed by atoms with Gasteiger partial charge in [-0.2, -0.15) is 0 Å². The molecular formula is C17H25Cl2N. The molecule has 1 aliphatic rings. The smallest absolute Gasteiger partial charge is 0.0595 e. The molecule has 1 nitrogen and oxygen atoms in total. The first-order valence-electron chi connectivity index (χ1n) is 7.60. The van der Waals surface area contributed by atoms with Gasteiger partial charge in [0.2, 0.25) is 0 Å². The van der Waals surface area contributed by atoms with E-state index in [9.17, 15) is 0 Å². The van der Waals surface area contributed by atoms with Crippen LogP contribution in [0.4, 0.5) is 0 Å². The molecule has 3 unspecified atom stereocenters. The van der Waals surface area contributed by atoms with Gasteiger partial charge in [0.25, 0.3) is 0 Å². The molecule has 1 aromatic carbocycles. The minimum Gasteiger partial charge on any atom is -0.316 e. The van der Waals surface area contributed by atoms with E-state index in [0.29, 0.717) is 16.1 Å². The quantitative estimate of drug-likeness (QED) is 0.806. The second-order valence-electron chi connectivity index (χ2n) is 6.53. The van der Waals surface area contributed by atoms with Gasteiger partial charge < -0.3 is 5.32 Å². The molecule has 1 fully saturated rings. The van der Waals surface area contributed by atoms with Crippen LogP contribution in [0.25, 0.3) is 0 Å². The van der Waals surface area contributed by atoms with Crippen molar-refractivity contribution in [3.05, 3.63) is 33.8 Å². The average Bonchev–Trinajstić information content (AvgIpc) is 2.38. The van der Waals surface area contributed by atoms with Crippen LogP contribution in [0.3, 0.4) is 0 Å². The number of rotatable bonds is 4. The second-order valence-corrected chi connectivity index (χ2v) is 7.34. The Balaban J connectivity index is 2.06. The standard InChI is InChI=1S/C17H25Cl2N/c1-11-6-12(2)8-14(7-11)17(20-3)10-13-4-5-15(18)16(19)9-13/h4-5,9,11-12,14,17,20H,6-8,10H2,1-3H3. The molecule has 0 bridgehead atoms. The molecule has 3 heteroatoms. The number of halogens is 2. The fraction of sp³-hybridized carbons (Fsp3) is 0.647. The molecule has 0 aromatic heterocycles. The summed E-state index contributed by atoms with van der Waals surface area (Å²) in [5.41, 5.74) is 1.27. The van der Waals surface area contributed by atoms with Gasteiger partial charge in [-0.05, 0) is 68.2 Å². The zero-order valence-electron chi connectivity index (χ0n) is 12.6. The van der Waals surface area contributed by atoms with Crippen molar-refractivity contribution in [2.75, 3.05) is 7.05 Å². The van der Waals surface area contributed by atoms with Crippen LogP contribution in [-0.4, -0.2) is 13.1 Å². The minimum absolute atomic E-state index is 0.525. The van der Waals surface area contributed by atoms with Gasteiger partial charge in [0.05, 0.1) is 10.0 Å². The van der Waals surface area contributed by atoms with Gasteiger partial charge in [0.15, 0.2) is 0 Å². The molecule has 0 saturated heterocycles. The van der Waals surface area contributed by atoms with Crippen molar-refractivity contribution in [2.24, 2.45) is 17.8 Å². The van der Waals surface area contributed by atoms with E-state index >= 15 is 0 Å². The van der Waals surface area contributed by atoms with Crippen molar-refractivity contribution >= 4 is 23.2 Å². The van der Waals surface area contributed by atoms with Crippen molar-refractivity contribution in [2.45, 2.75) is 45.6 Å². The molecule has 1 aliphatic carbocycles. The van der Waals surface area contributed by atoms with E-state index in [1.165, 1.54) is 24.8 Å². The maximum atomic E-state index is 6.12. The molecule has 1 N–H and O–H groups in total. The average molecular weight is 314 g/mol. The summed E-state index contributed by atoms with van der Waals surface area (Å²) in [5, 5.41) is 4.81. The Labute approximate surface area is 133 Å². The monoisotopic (exact) mass is 313 g/mol. The lowest BCUT2D eigenvalue weighted by Crippen LogP contribution is -2.39. The topological polar surface area (TPSA) is 12.0 Å². The van der Waals surface area contributed by atoms with Crippen LogP contribution in [0.2, 0.25) is 10.0 Å². The van der Waals surface area contributed by atoms with E-state index in [4.69, 9.17) is 23.2 Å². The van der Waals surface area contributed by atoms with E-state index < -0.39 is 0 Å². The van der Waals surface area contributed by atoms with Gasteiger partial charge in [-0.3, -0.25) is 0 Å². The number of likely N-dealkylation sites (N-methyl/N-ethyl adjacent to an activating group) is 1. The molecule has 0 radical (unpaired) electrons. The largest absolute Gasteiger partial charge is 0.316 e. The molecule has 1 aromatic rings. The van der Waals surface area contributed by atoms with Gasteiger partial charge in [-0.25, -0.2) is 0 Å². The van der Waals surface area contributed by atoms with Crippen molar-refractivity contribution in [3.63, 3.8) is 0 Å². The highest BCUT2D eigenvalue weighted by atomic mass is 35.5. The van der Waals surface area contributed by atoms with Gasteiger partial charge >= 0.3 is 0 Å². The summed E-state index contributed by atoms with van der Waals surface area (Å²) >= 11 is 12.1. The summed E-state index contributed by atoms with van der Waals surface area (Å²) < 4.78 is 0. The van der Waals surface area contributed by atoms with Crippen molar-refractivity contribution in [3.8, 4) is 0 Å². The zero-order chi connectivity index (χ0) is 14.7. The second kappa shape index (κ2) is 7.15. The summed E-state index contributed by atoms with van der Waals surface area (Å²) in [4.78, 5) is 0. The molecule has 2 rings (SSSR count). The number of hydrogen-bond acceptors (Lipinski definition) is 1. The Morgan fingerprint density at radius 3 is 2.30 bits per heavy atom. The first-order chi connectivity index (χ1) is 9.49. The summed E-state index contributed by atoms with van der Waals surface area (Å²) in [5.74, 6) is 2.44. The molecule has 112 valence electrons. The van der Waals surface area contributed by atoms with Gasteiger partial charge in [0, 0.05) is 6.04 Å². The van der Waals surface area contributed by atoms with E-state index in [-0.39, 0.29) is 0 Å². The molecule has 0 amide bonds. The third kappa shape index (κ3) is 4.13. The predicted octanol–water partition coefficient (Wildman–Crippen LogP) is 5.20. The molecule has 1 saturated carbocycles. The van der Waals surface area contributed by atoms with E-state index in [2.05, 4.69) is 32.3 Å². The number of hydrogen-bond donors (Lipinski definition) is 1. The van der Waals surface area contributed by atoms with Crippen molar-refractivity contribution < 1.29 is 0 Å². The highest BCUT2D eigenvalue weighted by Crippen LogP contribution is 2.35. The first-order valence-corrected chi connectivity index (χ1v) is 8.36. The van der Waals surface area contributed by atoms with Crippen LogP contribution in [0, 0.1) is 17.8 Å². The molecule has 0 spiro atoms. The summed E-state index contributed by atoms with van der Waals surface area (Å²) in [7, 11) is 2.08. The first kappa shape index (κ1) is 16.1. The Morgan fingerprint density at radius 2 is 1.75 bits per heavy atom. The highest BCUT2D eigenvalue weighted by molar-refractivity contribution is 6.42. The predicted molar refractivity (Wildman–Crippen MR) is 88.7 cm³/mol. The fourth-order valence-electron chi connectivity index (χ4n) is 3.76. The summed E-state index contributed by atoms with van der Waals surface area (Å²) in [6.07, 6.45) is 5.06. The summed E-state index contributed by atoms with van der Waals surface area (Å²) in [6, 6.07) is 6.52. The normalized spacial score (nSPS) is 28.4. The third-order valence-electron chi connectivity index (χ3n) is 4.59. The number of nitrogens with one attached hydrogen (secondary N) is 1. The van der Waals surface area contributed by atoms with Gasteiger partial charge in [-0.1, -0.05) is 43.1 Å². The van der Waals surface area contributed by atoms with E-state index in [1.807, 2.05) is 12.1 Å². The maximum Gasteiger partial charge on any atom is 0.0595 e. The van der Waals surface area contributed by atoms with Crippen LogP contribution in [0.5, 0.6) is 0 Å². The van der Waals surface area contributed by atoms with E-state index in [1.54, 1.807) is 0 Å². The summed E-state index contributed by atoms with van der Waals surface area (Å²) in [6.45, 7) is 4.77. The molecule has 0 aliphatic heterocycles. The zero-order valence-corrected chi connectivity index (χ0v) is 14.1. The van der Waals surface area contributed by atoms with Crippen molar-refractivity contribution in [1.29, 1.82) is 0 Å². The van der Waals surface area contributed by atoms with Crippen LogP contribution in [0.15, 0.2) is 18.2 Å². The Morgan fingerprint density at radius 1 is 1.10 bits per heavy atom. The lowest BCUT2D eigenvalue weighted by Gasteiger charge is -2.36. The maximum absolute atomic E-state index is 6.12. The van der Waals surface area contributed by atoms with Gasteiger partial charge in [0.1, 0.15) is 0 Å². The fourth-order valence-corrected chi connectivity index (χ4v) is 4.08. The number of benzene rings is 1. The lowest BCUT2D eigenvalue weighted by molar-refractivity contribution is 0.179. The Kier molecular flexibility index (Phi) is 5.77. The molecular weight excluding hydrogens is 289 g/mol. The van der Waals surface area contributed by atoms with Crippen LogP contribution in [-0.2, 0) is 6.42 Å². The van der Waals surface area contributed by atoms with Crippen LogP contribution >= 0.6 is 23.2 Å². The van der Waals surface area contributed by atoms with Crippen molar-refractivity contribution in [1.82, 2.24) is 5.32 Å². The van der Waals surface area contributed by atoms with Gasteiger partial charge in [-0.15, -0.1) is 0 Å². The molecule has 3 atom stereocenters. The van der Waals surface area contributed by atoms with E-state index in [0.717, 1.165) is 24.2 Å².